The van der Waals surface area contributed by atoms with Gasteiger partial charge in [0.1, 0.15) is 11.0 Å². The Morgan fingerprint density at radius 1 is 1.19 bits per heavy atom. The Labute approximate surface area is 199 Å². The van der Waals surface area contributed by atoms with Gasteiger partial charge in [0.2, 0.25) is 11.8 Å². The number of hydrogen-bond donors (Lipinski definition) is 0. The van der Waals surface area contributed by atoms with E-state index in [-0.39, 0.29) is 12.6 Å². The quantitative estimate of drug-likeness (QED) is 0.173. The molecule has 0 fully saturated rings. The highest BCUT2D eigenvalue weighted by atomic mass is 35.5. The Hall–Kier alpha value is -2.19. The molecule has 1 aromatic heterocycles. The van der Waals surface area contributed by atoms with E-state index in [0.717, 1.165) is 18.4 Å². The molecule has 0 bridgehead atoms. The first kappa shape index (κ1) is 26.1. The third-order valence-electron chi connectivity index (χ3n) is 4.78. The highest BCUT2D eigenvalue weighted by Gasteiger charge is 2.39. The van der Waals surface area contributed by atoms with Gasteiger partial charge in [0.15, 0.2) is 5.16 Å². The predicted octanol–water partition coefficient (Wildman–Crippen LogP) is 5.36. The van der Waals surface area contributed by atoms with Crippen LogP contribution in [-0.2, 0) is 9.53 Å². The summed E-state index contributed by atoms with van der Waals surface area (Å²) in [6.07, 6.45) is 1.73. The lowest BCUT2D eigenvalue weighted by molar-refractivity contribution is -0.145. The van der Waals surface area contributed by atoms with E-state index in [9.17, 15) is 4.79 Å². The van der Waals surface area contributed by atoms with Crippen LogP contribution >= 0.6 is 23.4 Å². The van der Waals surface area contributed by atoms with Gasteiger partial charge >= 0.3 is 5.97 Å². The van der Waals surface area contributed by atoms with Crippen LogP contribution in [-0.4, -0.2) is 48.6 Å². The van der Waals surface area contributed by atoms with Crippen molar-refractivity contribution >= 4 is 29.3 Å². The predicted molar refractivity (Wildman–Crippen MR) is 126 cm³/mol. The standard InChI is InChI=1S/C23H31ClN2O5S/c1-7-8-12-30-21(27)20(32-22-25-18(28-5)13-19(26-22)29-6)23(3,4)14-31-17-11-9-10-16(24)15(17)2/h9-11,13,20H,7-8,12,14H2,1-6H3. The minimum atomic E-state index is -0.629. The molecule has 0 aliphatic rings. The molecule has 9 heteroatoms. The second-order valence-corrected chi connectivity index (χ2v) is 9.37. The summed E-state index contributed by atoms with van der Waals surface area (Å²) in [7, 11) is 3.02. The van der Waals surface area contributed by atoms with E-state index in [0.29, 0.717) is 34.3 Å². The molecule has 0 radical (unpaired) electrons. The number of carbonyl (C=O) groups is 1. The Kier molecular flexibility index (Phi) is 9.90. The minimum absolute atomic E-state index is 0.260. The van der Waals surface area contributed by atoms with E-state index in [1.54, 1.807) is 6.07 Å². The fourth-order valence-electron chi connectivity index (χ4n) is 2.75. The number of hydrogen-bond acceptors (Lipinski definition) is 8. The maximum absolute atomic E-state index is 13.1. The molecule has 1 atom stereocenters. The fourth-order valence-corrected chi connectivity index (χ4v) is 3.97. The monoisotopic (exact) mass is 482 g/mol. The Balaban J connectivity index is 2.28. The second-order valence-electron chi connectivity index (χ2n) is 7.89. The summed E-state index contributed by atoms with van der Waals surface area (Å²) in [4.78, 5) is 21.8. The summed E-state index contributed by atoms with van der Waals surface area (Å²) >= 11 is 7.41. The second kappa shape index (κ2) is 12.2. The Bertz CT molecular complexity index is 888. The molecule has 0 aliphatic heterocycles. The highest BCUT2D eigenvalue weighted by Crippen LogP contribution is 2.38. The van der Waals surface area contributed by atoms with Gasteiger partial charge in [-0.3, -0.25) is 4.79 Å². The average Bonchev–Trinajstić information content (AvgIpc) is 2.78. The first-order chi connectivity index (χ1) is 15.2. The van der Waals surface area contributed by atoms with E-state index in [2.05, 4.69) is 9.97 Å². The van der Waals surface area contributed by atoms with Crippen molar-refractivity contribution in [1.29, 1.82) is 0 Å². The van der Waals surface area contributed by atoms with Crippen LogP contribution in [0.3, 0.4) is 0 Å². The first-order valence-corrected chi connectivity index (χ1v) is 11.7. The van der Waals surface area contributed by atoms with Gasteiger partial charge in [-0.05, 0) is 25.5 Å². The van der Waals surface area contributed by atoms with Gasteiger partial charge in [-0.1, -0.05) is 56.6 Å². The van der Waals surface area contributed by atoms with Crippen LogP contribution in [0, 0.1) is 12.3 Å². The molecule has 0 spiro atoms. The van der Waals surface area contributed by atoms with Crippen LogP contribution in [0.25, 0.3) is 0 Å². The number of methoxy groups -OCH3 is 2. The summed E-state index contributed by atoms with van der Waals surface area (Å²) in [5.41, 5.74) is 0.225. The SMILES string of the molecule is CCCCOC(=O)C(Sc1nc(OC)cc(OC)n1)C(C)(C)COc1cccc(Cl)c1C. The normalized spacial score (nSPS) is 12.2. The lowest BCUT2D eigenvalue weighted by Crippen LogP contribution is -2.40. The number of aromatic nitrogens is 2. The van der Waals surface area contributed by atoms with Crippen molar-refractivity contribution in [3.63, 3.8) is 0 Å². The van der Waals surface area contributed by atoms with Crippen LogP contribution in [0.2, 0.25) is 5.02 Å². The van der Waals surface area contributed by atoms with E-state index >= 15 is 0 Å². The average molecular weight is 483 g/mol. The van der Waals surface area contributed by atoms with Gasteiger partial charge < -0.3 is 18.9 Å². The molecular weight excluding hydrogens is 452 g/mol. The zero-order valence-electron chi connectivity index (χ0n) is 19.4. The summed E-state index contributed by atoms with van der Waals surface area (Å²) < 4.78 is 22.1. The molecule has 0 saturated heterocycles. The maximum atomic E-state index is 13.1. The molecule has 0 aliphatic carbocycles. The van der Waals surface area contributed by atoms with E-state index in [4.69, 9.17) is 30.5 Å². The number of ether oxygens (including phenoxy) is 4. The molecule has 1 aromatic carbocycles. The molecule has 7 nitrogen and oxygen atoms in total. The third kappa shape index (κ3) is 7.17. The molecule has 176 valence electrons. The van der Waals surface area contributed by atoms with Crippen molar-refractivity contribution in [2.75, 3.05) is 27.4 Å². The molecule has 2 rings (SSSR count). The van der Waals surface area contributed by atoms with Gasteiger partial charge in [-0.2, -0.15) is 9.97 Å². The summed E-state index contributed by atoms with van der Waals surface area (Å²) in [5, 5.41) is 0.350. The molecule has 1 heterocycles. The summed E-state index contributed by atoms with van der Waals surface area (Å²) in [6, 6.07) is 7.08. The van der Waals surface area contributed by atoms with Crippen LogP contribution in [0.4, 0.5) is 0 Å². The minimum Gasteiger partial charge on any atom is -0.493 e. The lowest BCUT2D eigenvalue weighted by Gasteiger charge is -2.32. The van der Waals surface area contributed by atoms with Crippen molar-refractivity contribution in [2.45, 2.75) is 50.9 Å². The number of rotatable bonds is 12. The van der Waals surface area contributed by atoms with Crippen LogP contribution in [0.15, 0.2) is 29.4 Å². The number of halogens is 1. The molecule has 0 saturated carbocycles. The fraction of sp³-hybridized carbons (Fsp3) is 0.522. The number of esters is 1. The molecule has 32 heavy (non-hydrogen) atoms. The Morgan fingerprint density at radius 2 is 1.84 bits per heavy atom. The van der Waals surface area contributed by atoms with E-state index in [1.165, 1.54) is 26.0 Å². The van der Waals surface area contributed by atoms with E-state index in [1.807, 2.05) is 45.9 Å². The largest absolute Gasteiger partial charge is 0.493 e. The third-order valence-corrected chi connectivity index (χ3v) is 6.65. The smallest absolute Gasteiger partial charge is 0.320 e. The maximum Gasteiger partial charge on any atom is 0.320 e. The van der Waals surface area contributed by atoms with Crippen molar-refractivity contribution in [3.8, 4) is 17.5 Å². The van der Waals surface area contributed by atoms with Crippen molar-refractivity contribution in [2.24, 2.45) is 5.41 Å². The van der Waals surface area contributed by atoms with Gasteiger partial charge in [-0.15, -0.1) is 0 Å². The van der Waals surface area contributed by atoms with Crippen LogP contribution in [0.1, 0.15) is 39.2 Å². The summed E-state index contributed by atoms with van der Waals surface area (Å²) in [5.74, 6) is 1.03. The van der Waals surface area contributed by atoms with Gasteiger partial charge in [-0.25, -0.2) is 0 Å². The number of benzene rings is 1. The number of carbonyl (C=O) groups excluding carboxylic acids is 1. The molecule has 0 amide bonds. The van der Waals surface area contributed by atoms with Crippen LogP contribution < -0.4 is 14.2 Å². The van der Waals surface area contributed by atoms with Crippen molar-refractivity contribution in [3.05, 3.63) is 34.9 Å². The molecule has 2 aromatic rings. The molecule has 0 N–H and O–H groups in total. The highest BCUT2D eigenvalue weighted by molar-refractivity contribution is 8.00. The number of unbranched alkanes of at least 4 members (excludes halogenated alkanes) is 1. The number of thioether (sulfide) groups is 1. The molecule has 1 unspecified atom stereocenters. The topological polar surface area (TPSA) is 79.8 Å². The molecular formula is C23H31ClN2O5S. The Morgan fingerprint density at radius 3 is 2.44 bits per heavy atom. The van der Waals surface area contributed by atoms with Crippen molar-refractivity contribution in [1.82, 2.24) is 9.97 Å². The first-order valence-electron chi connectivity index (χ1n) is 10.4. The number of nitrogens with zero attached hydrogens (tertiary/aromatic N) is 2. The van der Waals surface area contributed by atoms with Crippen LogP contribution in [0.5, 0.6) is 17.5 Å². The lowest BCUT2D eigenvalue weighted by atomic mass is 9.90. The van der Waals surface area contributed by atoms with Gasteiger partial charge in [0.05, 0.1) is 33.5 Å². The van der Waals surface area contributed by atoms with E-state index < -0.39 is 10.7 Å². The van der Waals surface area contributed by atoms with Crippen molar-refractivity contribution < 1.29 is 23.7 Å². The zero-order valence-corrected chi connectivity index (χ0v) is 21.0. The van der Waals surface area contributed by atoms with Gasteiger partial charge in [0, 0.05) is 16.0 Å². The van der Waals surface area contributed by atoms with Gasteiger partial charge in [0.25, 0.3) is 0 Å². The zero-order chi connectivity index (χ0) is 23.7. The summed E-state index contributed by atoms with van der Waals surface area (Å²) in [6.45, 7) is 8.45.